The van der Waals surface area contributed by atoms with E-state index in [0.717, 1.165) is 83.2 Å². The van der Waals surface area contributed by atoms with Crippen LogP contribution < -0.4 is 77.1 Å². The summed E-state index contributed by atoms with van der Waals surface area (Å²) in [6.45, 7) is 30.0. The third-order valence-corrected chi connectivity index (χ3v) is 19.7. The minimum atomic E-state index is -2.23. The molecule has 8 aromatic rings. The predicted octanol–water partition coefficient (Wildman–Crippen LogP) is 12.3. The largest absolute Gasteiger partial charge is 1.00 e. The zero-order chi connectivity index (χ0) is 90.5. The van der Waals surface area contributed by atoms with Gasteiger partial charge >= 0.3 is 94.9 Å². The van der Waals surface area contributed by atoms with Crippen molar-refractivity contribution in [1.29, 1.82) is 0 Å². The number of carbonyl (C=O) groups excluding carboxylic acids is 6. The van der Waals surface area contributed by atoms with Crippen molar-refractivity contribution in [2.45, 2.75) is 201 Å². The molecule has 0 radical (unpaired) electrons. The molecule has 8 heterocycles. The second-order valence-electron chi connectivity index (χ2n) is 30.9. The van der Waals surface area contributed by atoms with Crippen LogP contribution in [0, 0.1) is 0 Å². The van der Waals surface area contributed by atoms with Crippen molar-refractivity contribution in [3.63, 3.8) is 0 Å². The quantitative estimate of drug-likeness (QED) is 0.0107. The molecular weight excluding hydrogens is 1910 g/mol. The smallest absolute Gasteiger partial charge is 1.00 e. The number of carbonyl (C=O) groups is 6. The molecule has 8 rings (SSSR count). The van der Waals surface area contributed by atoms with Crippen molar-refractivity contribution in [1.82, 2.24) is 93.9 Å². The zero-order valence-corrected chi connectivity index (χ0v) is 87.6. The van der Waals surface area contributed by atoms with Gasteiger partial charge in [-0.2, -0.15) is 71.0 Å². The third kappa shape index (κ3) is 49.5. The number of esters is 6. The van der Waals surface area contributed by atoms with Crippen LogP contribution in [-0.4, -0.2) is 196 Å². The molecule has 0 amide bonds. The topological polar surface area (TPSA) is 460 Å². The summed E-state index contributed by atoms with van der Waals surface area (Å²) in [5.41, 5.74) is -0.877. The number of aromatic nitrogens is 16. The fourth-order valence-electron chi connectivity index (χ4n) is 8.59. The van der Waals surface area contributed by atoms with Gasteiger partial charge in [-0.05, 0) is 245 Å². The predicted molar refractivity (Wildman–Crippen MR) is 490 cm³/mol. The van der Waals surface area contributed by atoms with E-state index in [1.54, 1.807) is 161 Å². The first-order valence-electron chi connectivity index (χ1n) is 36.3. The van der Waals surface area contributed by atoms with Crippen LogP contribution in [0.3, 0.4) is 0 Å². The Morgan fingerprint density at radius 2 is 0.548 bits per heavy atom. The summed E-state index contributed by atoms with van der Waals surface area (Å²) in [4.78, 5) is 81.3. The molecule has 0 saturated heterocycles. The number of hydrogen-bond acceptors (Lipinski definition) is 35. The molecule has 8 aromatic heterocycles. The molecule has 0 aromatic carbocycles. The Bertz CT molecular complexity index is 4080. The van der Waals surface area contributed by atoms with Gasteiger partial charge in [-0.25, -0.2) is 0 Å². The molecule has 8 N–H and O–H groups in total. The van der Waals surface area contributed by atoms with E-state index < -0.39 is 97.7 Å². The fourth-order valence-corrected chi connectivity index (χ4v) is 13.5. The molecule has 0 aliphatic carbocycles. The number of halogens is 10. The maximum Gasteiger partial charge on any atom is 1.00 e. The first-order valence-corrected chi connectivity index (χ1v) is 45.0. The Labute approximate surface area is 838 Å². The standard InChI is InChI=1S/C32H44Cl2N4O8S.C15H21ClN2O4.C12H12Cl2N4S.C12H14ClN5S.C4H2Cl2N2.C2H4Cl2S.2H3N.2Na.2H/c1-27(2,3)43-23(39)31(24(40)44-28(4,5)6,19-13-15-21(33)37-35-19)17-47-18-32(25(41)45-29(7,8)9,26(42)46-30(10,11)12)20-14-16-22(34)38-36-20;1-14(2,3)21-12(19)11(13(20)22-15(4,5)6)9-7-8-10(16)18-17-9;2*13-11-3-1-9(15-17-11)5-7-19-8-6-10-2-4-12(14)18-16-10;5-3-1-2-4(6)8-7-3;3-1-5-2-4;;;;;;/h13-16H,17-18H2,1-12H3;7-8,11H,1-6H3;1-4H,5-8H2;1-4H,5-8H2,(H2,14,18);1-2H;1-2H2;2*1H3;;;;/q;;;;;;;;2*+1;2*-1. The van der Waals surface area contributed by atoms with Crippen molar-refractivity contribution in [3.05, 3.63) is 178 Å². The maximum absolute atomic E-state index is 14.1. The summed E-state index contributed by atoms with van der Waals surface area (Å²) in [6.07, 6.45) is 3.56. The van der Waals surface area contributed by atoms with E-state index in [1.165, 1.54) is 48.2 Å². The van der Waals surface area contributed by atoms with Crippen LogP contribution in [0.25, 0.3) is 0 Å². The number of rotatable bonds is 27. The van der Waals surface area contributed by atoms with Crippen molar-refractivity contribution < 1.29 is 119 Å². The van der Waals surface area contributed by atoms with Crippen molar-refractivity contribution in [2.24, 2.45) is 0 Å². The molecular formula is C77H105Cl10N19Na2O12S4. The average Bonchev–Trinajstić information content (AvgIpc) is 0.755. The molecule has 676 valence electrons. The Balaban J connectivity index is -0.000000789. The van der Waals surface area contributed by atoms with Gasteiger partial charge < -0.3 is 49.3 Å². The van der Waals surface area contributed by atoms with Gasteiger partial charge in [-0.1, -0.05) is 92.8 Å². The molecule has 0 saturated carbocycles. The number of aryl methyl sites for hydroxylation is 4. The van der Waals surface area contributed by atoms with E-state index in [0.29, 0.717) is 42.0 Å². The van der Waals surface area contributed by atoms with Gasteiger partial charge in [-0.15, -0.1) is 80.9 Å². The number of thioether (sulfide) groups is 4. The van der Waals surface area contributed by atoms with Crippen LogP contribution in [0.15, 0.2) is 97.1 Å². The van der Waals surface area contributed by atoms with Gasteiger partial charge in [0.2, 0.25) is 10.8 Å². The Hall–Kier alpha value is -4.52. The van der Waals surface area contributed by atoms with E-state index in [2.05, 4.69) is 81.6 Å². The maximum atomic E-state index is 14.1. The number of ether oxygens (including phenoxy) is 6. The van der Waals surface area contributed by atoms with E-state index in [1.807, 2.05) is 47.8 Å². The SMILES string of the molecule is CC(C)(C)OC(=O)C(C(=O)OC(C)(C)C)c1ccc(Cl)nn1.CC(C)(C)OC(=O)C(CSCC(C(=O)OC(C)(C)C)(C(=O)OC(C)(C)C)c1ccc(Cl)nn1)(C(=O)OC(C)(C)C)c1ccc(Cl)nn1.ClCSCCl.Clc1ccc(CCSCCc2ccc(Cl)nn2)nn1.Clc1ccc(Cl)nn1.N.N.Nc1ccc(CCSCCc2ccc(Cl)nn2)nn1.[H-].[H-].[Na+].[Na+]. The molecule has 0 fully saturated rings. The van der Waals surface area contributed by atoms with Crippen LogP contribution in [0.4, 0.5) is 5.82 Å². The molecule has 0 atom stereocenters. The van der Waals surface area contributed by atoms with E-state index in [-0.39, 0.29) is 107 Å². The molecule has 0 aliphatic rings. The van der Waals surface area contributed by atoms with Gasteiger partial charge in [0, 0.05) is 37.2 Å². The molecule has 31 nitrogen and oxygen atoms in total. The minimum absolute atomic E-state index is 0. The number of alkyl halides is 2. The molecule has 0 aliphatic heterocycles. The monoisotopic (exact) mass is 2010 g/mol. The molecule has 0 spiro atoms. The minimum Gasteiger partial charge on any atom is -1.00 e. The summed E-state index contributed by atoms with van der Waals surface area (Å²) < 4.78 is 33.6. The van der Waals surface area contributed by atoms with Crippen molar-refractivity contribution >= 4 is 205 Å². The number of anilines is 1. The Morgan fingerprint density at radius 3 is 0.750 bits per heavy atom. The summed E-state index contributed by atoms with van der Waals surface area (Å²) in [5, 5.41) is 65.0. The Kier molecular flexibility index (Phi) is 57.8. The van der Waals surface area contributed by atoms with Gasteiger partial charge in [0.15, 0.2) is 47.1 Å². The summed E-state index contributed by atoms with van der Waals surface area (Å²) in [7, 11) is 0. The average molecular weight is 2020 g/mol. The molecule has 124 heavy (non-hydrogen) atoms. The van der Waals surface area contributed by atoms with Crippen LogP contribution in [-0.2, 0) is 93.7 Å². The second-order valence-corrected chi connectivity index (χ2v) is 39.6. The van der Waals surface area contributed by atoms with Gasteiger partial charge in [0.25, 0.3) is 0 Å². The normalized spacial score (nSPS) is 11.3. The first-order chi connectivity index (χ1) is 55.8. The Morgan fingerprint density at radius 1 is 0.315 bits per heavy atom. The fraction of sp³-hybridized carbons (Fsp3) is 0.506. The zero-order valence-electron chi connectivity index (χ0n) is 74.8. The molecule has 0 bridgehead atoms. The number of nitrogen functional groups attached to an aromatic ring is 1. The molecule has 47 heteroatoms. The number of nitrogens with zero attached hydrogens (tertiary/aromatic N) is 16. The first kappa shape index (κ1) is 122. The second kappa shape index (κ2) is 59.0. The van der Waals surface area contributed by atoms with Crippen LogP contribution in [0.2, 0.25) is 41.2 Å². The number of nitrogens with two attached hydrogens (primary N) is 1. The van der Waals surface area contributed by atoms with Crippen LogP contribution in [0.1, 0.15) is 173 Å². The van der Waals surface area contributed by atoms with Gasteiger partial charge in [0.05, 0.1) is 50.3 Å². The van der Waals surface area contributed by atoms with Crippen LogP contribution >= 0.6 is 163 Å². The third-order valence-electron chi connectivity index (χ3n) is 13.6. The van der Waals surface area contributed by atoms with E-state index in [9.17, 15) is 28.8 Å². The van der Waals surface area contributed by atoms with E-state index >= 15 is 0 Å². The summed E-state index contributed by atoms with van der Waals surface area (Å²) in [5.74, 6) is -3.15. The van der Waals surface area contributed by atoms with Crippen LogP contribution in [0.5, 0.6) is 0 Å². The summed E-state index contributed by atoms with van der Waals surface area (Å²) >= 11 is 61.9. The summed E-state index contributed by atoms with van der Waals surface area (Å²) in [6, 6.07) is 26.2. The number of hydrogen-bond donors (Lipinski definition) is 3. The molecule has 0 unspecified atom stereocenters. The van der Waals surface area contributed by atoms with Crippen molar-refractivity contribution in [3.8, 4) is 0 Å². The van der Waals surface area contributed by atoms with Gasteiger partial charge in [-0.3, -0.25) is 28.8 Å². The van der Waals surface area contributed by atoms with Gasteiger partial charge in [0.1, 0.15) is 39.4 Å². The van der Waals surface area contributed by atoms with E-state index in [4.69, 9.17) is 150 Å². The van der Waals surface area contributed by atoms with Crippen molar-refractivity contribution in [2.75, 3.05) is 50.7 Å².